The predicted octanol–water partition coefficient (Wildman–Crippen LogP) is 2.71. The molecule has 2 aliphatic rings. The van der Waals surface area contributed by atoms with Crippen LogP contribution in [0.4, 0.5) is 10.1 Å². The zero-order valence-corrected chi connectivity index (χ0v) is 14.5. The van der Waals surface area contributed by atoms with Crippen molar-refractivity contribution in [2.75, 3.05) is 25.1 Å². The third-order valence-electron chi connectivity index (χ3n) is 5.40. The predicted molar refractivity (Wildman–Crippen MR) is 98.0 cm³/mol. The zero-order valence-electron chi connectivity index (χ0n) is 14.5. The van der Waals surface area contributed by atoms with Crippen molar-refractivity contribution >= 4 is 16.7 Å². The number of aromatic amines is 1. The Kier molecular flexibility index (Phi) is 3.56. The van der Waals surface area contributed by atoms with E-state index in [0.717, 1.165) is 29.8 Å². The third kappa shape index (κ3) is 2.50. The molecule has 2 fully saturated rings. The van der Waals surface area contributed by atoms with E-state index in [1.54, 1.807) is 6.07 Å². The Morgan fingerprint density at radius 2 is 2.00 bits per heavy atom. The fourth-order valence-corrected chi connectivity index (χ4v) is 4.16. The van der Waals surface area contributed by atoms with Crippen molar-refractivity contribution in [3.63, 3.8) is 0 Å². The Hall–Kier alpha value is -2.67. The second kappa shape index (κ2) is 5.95. The van der Waals surface area contributed by atoms with E-state index in [-0.39, 0.29) is 5.82 Å². The molecule has 2 atom stereocenters. The van der Waals surface area contributed by atoms with Gasteiger partial charge in [-0.2, -0.15) is 0 Å². The van der Waals surface area contributed by atoms with Crippen LogP contribution in [0.25, 0.3) is 22.3 Å². The van der Waals surface area contributed by atoms with Crippen LogP contribution in [0.15, 0.2) is 30.6 Å². The van der Waals surface area contributed by atoms with E-state index in [1.165, 1.54) is 26.1 Å². The van der Waals surface area contributed by atoms with Crippen LogP contribution in [-0.2, 0) is 0 Å². The van der Waals surface area contributed by atoms with Gasteiger partial charge in [0.05, 0.1) is 19.0 Å². The second-order valence-electron chi connectivity index (χ2n) is 7.02. The maximum atomic E-state index is 14.3. The molecular formula is C19H20FN5O. The molecule has 3 aromatic rings. The number of methoxy groups -OCH3 is 1. The van der Waals surface area contributed by atoms with Crippen molar-refractivity contribution in [3.05, 3.63) is 36.4 Å². The molecule has 5 heterocycles. The number of halogens is 1. The smallest absolute Gasteiger partial charge is 0.213 e. The third-order valence-corrected chi connectivity index (χ3v) is 5.40. The quantitative estimate of drug-likeness (QED) is 0.758. The van der Waals surface area contributed by atoms with Crippen molar-refractivity contribution in [1.82, 2.24) is 20.3 Å². The Morgan fingerprint density at radius 3 is 2.77 bits per heavy atom. The van der Waals surface area contributed by atoms with Gasteiger partial charge in [0.1, 0.15) is 5.65 Å². The van der Waals surface area contributed by atoms with Gasteiger partial charge in [-0.1, -0.05) is 0 Å². The van der Waals surface area contributed by atoms with Crippen LogP contribution in [-0.4, -0.2) is 47.2 Å². The molecule has 134 valence electrons. The van der Waals surface area contributed by atoms with E-state index in [0.29, 0.717) is 29.2 Å². The minimum Gasteiger partial charge on any atom is -0.481 e. The lowest BCUT2D eigenvalue weighted by Crippen LogP contribution is -2.51. The highest BCUT2D eigenvalue weighted by Gasteiger charge is 2.32. The Morgan fingerprint density at radius 1 is 1.19 bits per heavy atom. The fourth-order valence-electron chi connectivity index (χ4n) is 4.16. The van der Waals surface area contributed by atoms with Crippen LogP contribution in [0.2, 0.25) is 0 Å². The molecule has 7 heteroatoms. The molecule has 26 heavy (non-hydrogen) atoms. The number of rotatable bonds is 3. The summed E-state index contributed by atoms with van der Waals surface area (Å²) in [6, 6.07) is 6.73. The molecule has 0 radical (unpaired) electrons. The highest BCUT2D eigenvalue weighted by Crippen LogP contribution is 2.34. The number of piperazine rings is 1. The summed E-state index contributed by atoms with van der Waals surface area (Å²) in [4.78, 5) is 14.0. The number of anilines is 1. The average Bonchev–Trinajstić information content (AvgIpc) is 3.24. The molecule has 5 rings (SSSR count). The monoisotopic (exact) mass is 353 g/mol. The first-order valence-corrected chi connectivity index (χ1v) is 8.90. The van der Waals surface area contributed by atoms with Crippen molar-refractivity contribution in [1.29, 1.82) is 0 Å². The minimum atomic E-state index is -0.390. The van der Waals surface area contributed by atoms with Crippen molar-refractivity contribution in [2.45, 2.75) is 24.9 Å². The first-order valence-electron chi connectivity index (χ1n) is 8.90. The molecule has 2 bridgehead atoms. The average molecular weight is 353 g/mol. The second-order valence-corrected chi connectivity index (χ2v) is 7.02. The highest BCUT2D eigenvalue weighted by atomic mass is 19.1. The number of hydrogen-bond acceptors (Lipinski definition) is 5. The van der Waals surface area contributed by atoms with E-state index in [9.17, 15) is 4.39 Å². The maximum absolute atomic E-state index is 14.3. The Balaban J connectivity index is 1.58. The normalized spacial score (nSPS) is 22.2. The number of pyridine rings is 2. The van der Waals surface area contributed by atoms with E-state index in [4.69, 9.17) is 4.74 Å². The molecule has 0 amide bonds. The molecule has 2 N–H and O–H groups in total. The van der Waals surface area contributed by atoms with Gasteiger partial charge in [0.2, 0.25) is 5.88 Å². The Labute approximate surface area is 150 Å². The van der Waals surface area contributed by atoms with Gasteiger partial charge >= 0.3 is 0 Å². The standard InChI is InChI=1S/C19H20FN5O/c1-26-18-7-13(15(20)8-22-18)16-6-14-17(4-5-21-19(14)24-16)25-9-11-2-3-12(10-25)23-11/h4-8,11-12,23H,2-3,9-10H2,1H3,(H,21,24). The summed E-state index contributed by atoms with van der Waals surface area (Å²) in [7, 11) is 1.52. The lowest BCUT2D eigenvalue weighted by molar-refractivity contribution is 0.396. The largest absolute Gasteiger partial charge is 0.481 e. The number of nitrogens with one attached hydrogen (secondary N) is 2. The number of fused-ring (bicyclic) bond motifs is 3. The van der Waals surface area contributed by atoms with Gasteiger partial charge in [0.25, 0.3) is 0 Å². The molecule has 0 saturated carbocycles. The van der Waals surface area contributed by atoms with Crippen LogP contribution in [0.3, 0.4) is 0 Å². The van der Waals surface area contributed by atoms with E-state index in [2.05, 4.69) is 25.2 Å². The molecule has 0 spiro atoms. The van der Waals surface area contributed by atoms with Crippen molar-refractivity contribution in [3.8, 4) is 17.1 Å². The van der Waals surface area contributed by atoms with E-state index >= 15 is 0 Å². The maximum Gasteiger partial charge on any atom is 0.213 e. The summed E-state index contributed by atoms with van der Waals surface area (Å²) in [5.41, 5.74) is 3.02. The van der Waals surface area contributed by atoms with Crippen LogP contribution in [0.5, 0.6) is 5.88 Å². The summed E-state index contributed by atoms with van der Waals surface area (Å²) < 4.78 is 19.4. The lowest BCUT2D eigenvalue weighted by Gasteiger charge is -2.34. The number of ether oxygens (including phenoxy) is 1. The van der Waals surface area contributed by atoms with Gasteiger partial charge in [-0.3, -0.25) is 0 Å². The van der Waals surface area contributed by atoms with Crippen LogP contribution in [0, 0.1) is 5.82 Å². The number of hydrogen-bond donors (Lipinski definition) is 2. The summed E-state index contributed by atoms with van der Waals surface area (Å²) in [6.07, 6.45) is 5.46. The first-order chi connectivity index (χ1) is 12.7. The number of H-pyrrole nitrogens is 1. The van der Waals surface area contributed by atoms with Gasteiger partial charge in [-0.25, -0.2) is 14.4 Å². The molecule has 2 saturated heterocycles. The van der Waals surface area contributed by atoms with Crippen LogP contribution in [0.1, 0.15) is 12.8 Å². The molecule has 3 aromatic heterocycles. The highest BCUT2D eigenvalue weighted by molar-refractivity contribution is 5.94. The number of nitrogens with zero attached hydrogens (tertiary/aromatic N) is 3. The molecule has 0 aromatic carbocycles. The van der Waals surface area contributed by atoms with Crippen LogP contribution >= 0.6 is 0 Å². The SMILES string of the molecule is COc1cc(-c2cc3c(N4CC5CCC(C4)N5)ccnc3[nH]2)c(F)cn1. The zero-order chi connectivity index (χ0) is 17.7. The van der Waals surface area contributed by atoms with Crippen molar-refractivity contribution in [2.24, 2.45) is 0 Å². The molecule has 0 aliphatic carbocycles. The lowest BCUT2D eigenvalue weighted by atomic mass is 10.1. The molecule has 2 unspecified atom stereocenters. The van der Waals surface area contributed by atoms with E-state index < -0.39 is 0 Å². The summed E-state index contributed by atoms with van der Waals surface area (Å²) in [5, 5.41) is 4.67. The van der Waals surface area contributed by atoms with Gasteiger partial charge in [0, 0.05) is 54.1 Å². The molecular weight excluding hydrogens is 333 g/mol. The van der Waals surface area contributed by atoms with Gasteiger partial charge in [-0.05, 0) is 25.0 Å². The fraction of sp³-hybridized carbons (Fsp3) is 0.368. The van der Waals surface area contributed by atoms with Gasteiger partial charge < -0.3 is 19.9 Å². The summed E-state index contributed by atoms with van der Waals surface area (Å²) in [6.45, 7) is 1.99. The number of aromatic nitrogens is 3. The summed E-state index contributed by atoms with van der Waals surface area (Å²) >= 11 is 0. The molecule has 2 aliphatic heterocycles. The van der Waals surface area contributed by atoms with Gasteiger partial charge in [0.15, 0.2) is 5.82 Å². The van der Waals surface area contributed by atoms with Crippen LogP contribution < -0.4 is 15.0 Å². The van der Waals surface area contributed by atoms with Crippen molar-refractivity contribution < 1.29 is 9.13 Å². The first kappa shape index (κ1) is 15.6. The minimum absolute atomic E-state index is 0.381. The summed E-state index contributed by atoms with van der Waals surface area (Å²) in [5.74, 6) is -0.00829. The molecule has 6 nitrogen and oxygen atoms in total. The van der Waals surface area contributed by atoms with Gasteiger partial charge in [-0.15, -0.1) is 0 Å². The topological polar surface area (TPSA) is 66.1 Å². The van der Waals surface area contributed by atoms with E-state index in [1.807, 2.05) is 18.3 Å². The Bertz CT molecular complexity index is 960.